The van der Waals surface area contributed by atoms with Gasteiger partial charge < -0.3 is 5.73 Å². The predicted molar refractivity (Wildman–Crippen MR) is 47.4 cm³/mol. The molecule has 1 amide bonds. The Bertz CT molecular complexity index is 456. The number of carbonyl (C=O) groups is 1. The van der Waals surface area contributed by atoms with E-state index >= 15 is 0 Å². The third-order valence-corrected chi connectivity index (χ3v) is 1.87. The van der Waals surface area contributed by atoms with E-state index in [4.69, 9.17) is 22.6 Å². The first-order valence-corrected chi connectivity index (χ1v) is 4.03. The summed E-state index contributed by atoms with van der Waals surface area (Å²) in [6, 6.07) is 2.56. The van der Waals surface area contributed by atoms with Gasteiger partial charge in [-0.05, 0) is 6.07 Å². The Morgan fingerprint density at radius 2 is 2.27 bits per heavy atom. The molecule has 0 aliphatic rings. The molecule has 0 aliphatic carbocycles. The minimum atomic E-state index is -3.02. The summed E-state index contributed by atoms with van der Waals surface area (Å²) >= 11 is 5.53. The van der Waals surface area contributed by atoms with Gasteiger partial charge in [-0.3, -0.25) is 4.79 Å². The molecule has 7 heteroatoms. The Morgan fingerprint density at radius 3 is 2.67 bits per heavy atom. The summed E-state index contributed by atoms with van der Waals surface area (Å²) in [5.74, 6) is -1.10. The maximum atomic E-state index is 12.4. The first-order valence-electron chi connectivity index (χ1n) is 3.66. The highest BCUT2D eigenvalue weighted by Crippen LogP contribution is 2.26. The number of alkyl halides is 2. The molecule has 0 atom stereocenters. The summed E-state index contributed by atoms with van der Waals surface area (Å²) in [5, 5.41) is 8.16. The predicted octanol–water partition coefficient (Wildman–Crippen LogP) is 1.64. The van der Waals surface area contributed by atoms with Crippen LogP contribution in [0, 0.1) is 11.3 Å². The van der Waals surface area contributed by atoms with E-state index in [2.05, 4.69) is 4.98 Å². The van der Waals surface area contributed by atoms with Gasteiger partial charge in [-0.25, -0.2) is 13.8 Å². The Hall–Kier alpha value is -1.74. The fourth-order valence-electron chi connectivity index (χ4n) is 0.992. The van der Waals surface area contributed by atoms with E-state index in [1.54, 1.807) is 6.07 Å². The number of rotatable bonds is 2. The van der Waals surface area contributed by atoms with E-state index in [0.717, 1.165) is 6.07 Å². The molecule has 0 aliphatic heterocycles. The van der Waals surface area contributed by atoms with Crippen molar-refractivity contribution in [3.8, 4) is 6.07 Å². The highest BCUT2D eigenvalue weighted by Gasteiger charge is 2.22. The van der Waals surface area contributed by atoms with Crippen molar-refractivity contribution in [2.75, 3.05) is 0 Å². The molecule has 0 bridgehead atoms. The number of amides is 1. The van der Waals surface area contributed by atoms with Crippen LogP contribution in [0.2, 0.25) is 5.02 Å². The van der Waals surface area contributed by atoms with Crippen LogP contribution in [0.1, 0.15) is 28.2 Å². The molecular weight excluding hydrogens is 228 g/mol. The molecule has 15 heavy (non-hydrogen) atoms. The number of pyridine rings is 1. The monoisotopic (exact) mass is 231 g/mol. The second kappa shape index (κ2) is 4.19. The molecule has 4 nitrogen and oxygen atoms in total. The molecule has 1 aromatic heterocycles. The number of hydrogen-bond donors (Lipinski definition) is 1. The van der Waals surface area contributed by atoms with Gasteiger partial charge in [0, 0.05) is 0 Å². The maximum absolute atomic E-state index is 12.4. The number of primary amides is 1. The lowest BCUT2D eigenvalue weighted by Crippen LogP contribution is -2.16. The lowest BCUT2D eigenvalue weighted by Gasteiger charge is -2.06. The van der Waals surface area contributed by atoms with Gasteiger partial charge in [-0.2, -0.15) is 5.26 Å². The Balaban J connectivity index is 3.51. The molecular formula is C8H4ClF2N3O. The van der Waals surface area contributed by atoms with Gasteiger partial charge in [0.25, 0.3) is 12.3 Å². The van der Waals surface area contributed by atoms with Crippen molar-refractivity contribution in [2.24, 2.45) is 5.73 Å². The van der Waals surface area contributed by atoms with Crippen molar-refractivity contribution in [3.05, 3.63) is 28.0 Å². The molecule has 1 aromatic rings. The summed E-state index contributed by atoms with van der Waals surface area (Å²) in [6.07, 6.45) is -3.02. The van der Waals surface area contributed by atoms with Crippen LogP contribution in [0.25, 0.3) is 0 Å². The van der Waals surface area contributed by atoms with Crippen LogP contribution < -0.4 is 5.73 Å². The van der Waals surface area contributed by atoms with Gasteiger partial charge >= 0.3 is 0 Å². The maximum Gasteiger partial charge on any atom is 0.281 e. The average Bonchev–Trinajstić information content (AvgIpc) is 2.15. The Labute approximate surface area is 88.3 Å². The van der Waals surface area contributed by atoms with E-state index in [-0.39, 0.29) is 10.7 Å². The number of nitrogens with zero attached hydrogens (tertiary/aromatic N) is 2. The SMILES string of the molecule is N#Cc1cc(Cl)c(C(N)=O)c(C(F)F)n1. The van der Waals surface area contributed by atoms with Crippen LogP contribution in [-0.4, -0.2) is 10.9 Å². The molecule has 78 valence electrons. The highest BCUT2D eigenvalue weighted by molar-refractivity contribution is 6.34. The third kappa shape index (κ3) is 2.19. The Morgan fingerprint density at radius 1 is 1.67 bits per heavy atom. The van der Waals surface area contributed by atoms with Crippen molar-refractivity contribution < 1.29 is 13.6 Å². The summed E-state index contributed by atoms with van der Waals surface area (Å²) in [7, 11) is 0. The van der Waals surface area contributed by atoms with E-state index < -0.39 is 23.6 Å². The summed E-state index contributed by atoms with van der Waals surface area (Å²) in [4.78, 5) is 14.1. The molecule has 1 rings (SSSR count). The number of aromatic nitrogens is 1. The lowest BCUT2D eigenvalue weighted by atomic mass is 10.1. The lowest BCUT2D eigenvalue weighted by molar-refractivity contribution is 0.0983. The minimum Gasteiger partial charge on any atom is -0.365 e. The fourth-order valence-corrected chi connectivity index (χ4v) is 1.28. The molecule has 0 saturated carbocycles. The van der Waals surface area contributed by atoms with Crippen LogP contribution in [-0.2, 0) is 0 Å². The molecule has 0 spiro atoms. The van der Waals surface area contributed by atoms with Crippen LogP contribution in [0.5, 0.6) is 0 Å². The minimum absolute atomic E-state index is 0.291. The number of nitrogens with two attached hydrogens (primary N) is 1. The fraction of sp³-hybridized carbons (Fsp3) is 0.125. The van der Waals surface area contributed by atoms with E-state index in [0.29, 0.717) is 0 Å². The normalized spacial score (nSPS) is 10.1. The van der Waals surface area contributed by atoms with Crippen molar-refractivity contribution in [3.63, 3.8) is 0 Å². The Kier molecular flexibility index (Phi) is 3.17. The molecule has 0 fully saturated rings. The topological polar surface area (TPSA) is 79.8 Å². The van der Waals surface area contributed by atoms with E-state index in [1.807, 2.05) is 0 Å². The molecule has 0 unspecified atom stereocenters. The number of carbonyl (C=O) groups excluding carboxylic acids is 1. The second-order valence-corrected chi connectivity index (χ2v) is 2.93. The van der Waals surface area contributed by atoms with Crippen molar-refractivity contribution >= 4 is 17.5 Å². The van der Waals surface area contributed by atoms with Gasteiger partial charge in [0.15, 0.2) is 0 Å². The molecule has 0 radical (unpaired) electrons. The van der Waals surface area contributed by atoms with Gasteiger partial charge in [0.05, 0.1) is 10.6 Å². The summed E-state index contributed by atoms with van der Waals surface area (Å²) < 4.78 is 24.9. The average molecular weight is 232 g/mol. The molecule has 0 saturated heterocycles. The van der Waals surface area contributed by atoms with Gasteiger partial charge in [-0.15, -0.1) is 0 Å². The molecule has 0 aromatic carbocycles. The van der Waals surface area contributed by atoms with Crippen LogP contribution in [0.15, 0.2) is 6.07 Å². The first-order chi connectivity index (χ1) is 6.97. The second-order valence-electron chi connectivity index (χ2n) is 2.53. The zero-order valence-corrected chi connectivity index (χ0v) is 7.92. The van der Waals surface area contributed by atoms with Crippen molar-refractivity contribution in [1.82, 2.24) is 4.98 Å². The molecule has 2 N–H and O–H groups in total. The zero-order valence-electron chi connectivity index (χ0n) is 7.17. The van der Waals surface area contributed by atoms with Crippen LogP contribution in [0.4, 0.5) is 8.78 Å². The number of halogens is 3. The van der Waals surface area contributed by atoms with Gasteiger partial charge in [-0.1, -0.05) is 11.6 Å². The molecule has 1 heterocycles. The number of hydrogen-bond acceptors (Lipinski definition) is 3. The smallest absolute Gasteiger partial charge is 0.281 e. The van der Waals surface area contributed by atoms with Crippen LogP contribution in [0.3, 0.4) is 0 Å². The first kappa shape index (κ1) is 11.3. The third-order valence-electron chi connectivity index (χ3n) is 1.57. The van der Waals surface area contributed by atoms with Crippen molar-refractivity contribution in [1.29, 1.82) is 5.26 Å². The number of nitriles is 1. The highest BCUT2D eigenvalue weighted by atomic mass is 35.5. The van der Waals surface area contributed by atoms with Gasteiger partial charge in [0.2, 0.25) is 0 Å². The van der Waals surface area contributed by atoms with Crippen LogP contribution >= 0.6 is 11.6 Å². The summed E-state index contributed by atoms with van der Waals surface area (Å²) in [6.45, 7) is 0. The van der Waals surface area contributed by atoms with Gasteiger partial charge in [0.1, 0.15) is 17.5 Å². The quantitative estimate of drug-likeness (QED) is 0.840. The zero-order chi connectivity index (χ0) is 11.6. The van der Waals surface area contributed by atoms with Crippen molar-refractivity contribution in [2.45, 2.75) is 6.43 Å². The largest absolute Gasteiger partial charge is 0.365 e. The summed E-state index contributed by atoms with van der Waals surface area (Å²) in [5.41, 5.74) is 3.15. The standard InChI is InChI=1S/C8H4ClF2N3O/c9-4-1-3(2-12)14-6(7(10)11)5(4)8(13)15/h1,7H,(H2,13,15). The van der Waals surface area contributed by atoms with E-state index in [1.165, 1.54) is 0 Å². The van der Waals surface area contributed by atoms with E-state index in [9.17, 15) is 13.6 Å².